The summed E-state index contributed by atoms with van der Waals surface area (Å²) >= 11 is 6.51. The molecule has 1 aliphatic rings. The molecule has 10 heteroatoms. The lowest BCUT2D eigenvalue weighted by molar-refractivity contribution is -0.115. The third-order valence-electron chi connectivity index (χ3n) is 5.44. The number of fused-ring (bicyclic) bond motifs is 1. The summed E-state index contributed by atoms with van der Waals surface area (Å²) < 4.78 is 7.51. The lowest BCUT2D eigenvalue weighted by atomic mass is 10.2. The van der Waals surface area contributed by atoms with Crippen molar-refractivity contribution >= 4 is 39.9 Å². The van der Waals surface area contributed by atoms with E-state index in [2.05, 4.69) is 30.5 Å². The van der Waals surface area contributed by atoms with Crippen LogP contribution in [-0.2, 0) is 11.8 Å². The molecule has 5 rings (SSSR count). The van der Waals surface area contributed by atoms with Gasteiger partial charge in [-0.15, -0.1) is 5.10 Å². The smallest absolute Gasteiger partial charge is 0.225 e. The minimum absolute atomic E-state index is 0.173. The minimum atomic E-state index is 0.173. The van der Waals surface area contributed by atoms with Crippen LogP contribution in [0.5, 0.6) is 5.75 Å². The van der Waals surface area contributed by atoms with Gasteiger partial charge in [0.1, 0.15) is 12.4 Å². The lowest BCUT2D eigenvalue weighted by Gasteiger charge is -2.22. The van der Waals surface area contributed by atoms with Crippen LogP contribution >= 0.6 is 11.6 Å². The van der Waals surface area contributed by atoms with Gasteiger partial charge in [-0.2, -0.15) is 10.1 Å². The summed E-state index contributed by atoms with van der Waals surface area (Å²) in [4.78, 5) is 18.0. The van der Waals surface area contributed by atoms with E-state index < -0.39 is 0 Å². The number of ether oxygens (including phenoxy) is 1. The van der Waals surface area contributed by atoms with E-state index in [4.69, 9.17) is 16.3 Å². The molecule has 2 N–H and O–H groups in total. The number of aromatic amines is 1. The molecule has 4 aromatic rings. The molecule has 1 aliphatic heterocycles. The second kappa shape index (κ2) is 8.95. The molecule has 0 unspecified atom stereocenters. The number of benzene rings is 2. The predicted molar refractivity (Wildman–Crippen MR) is 127 cm³/mol. The summed E-state index contributed by atoms with van der Waals surface area (Å²) in [6.45, 7) is 2.01. The van der Waals surface area contributed by atoms with Gasteiger partial charge >= 0.3 is 0 Å². The van der Waals surface area contributed by atoms with Crippen molar-refractivity contribution in [3.63, 3.8) is 0 Å². The van der Waals surface area contributed by atoms with Crippen LogP contribution < -0.4 is 10.1 Å². The fraction of sp³-hybridized carbons (Fsp3) is 0.217. The van der Waals surface area contributed by atoms with E-state index >= 15 is 0 Å². The van der Waals surface area contributed by atoms with Crippen molar-refractivity contribution < 1.29 is 9.53 Å². The monoisotopic (exact) mass is 463 g/mol. The Balaban J connectivity index is 1.23. The van der Waals surface area contributed by atoms with Crippen molar-refractivity contribution in [2.75, 3.05) is 25.0 Å². The van der Waals surface area contributed by atoms with Gasteiger partial charge in [0.05, 0.1) is 29.0 Å². The SMILES string of the molecule is Cn1nc(-c2ccc(OCCN3C=CC(=O)CC3)cc2)nc1Nc1ccc2[nH]ncc2c1Cl. The Morgan fingerprint density at radius 3 is 2.85 bits per heavy atom. The van der Waals surface area contributed by atoms with Gasteiger partial charge in [0.25, 0.3) is 0 Å². The summed E-state index contributed by atoms with van der Waals surface area (Å²) in [5, 5.41) is 16.1. The van der Waals surface area contributed by atoms with Gasteiger partial charge in [-0.25, -0.2) is 4.68 Å². The maximum atomic E-state index is 11.2. The first-order valence-corrected chi connectivity index (χ1v) is 10.9. The van der Waals surface area contributed by atoms with Crippen LogP contribution in [0.15, 0.2) is 54.9 Å². The highest BCUT2D eigenvalue weighted by molar-refractivity contribution is 6.38. The number of anilines is 2. The Hall–Kier alpha value is -3.85. The number of ketones is 1. The zero-order valence-corrected chi connectivity index (χ0v) is 18.7. The highest BCUT2D eigenvalue weighted by atomic mass is 35.5. The van der Waals surface area contributed by atoms with E-state index in [1.165, 1.54) is 0 Å². The van der Waals surface area contributed by atoms with Gasteiger partial charge in [-0.05, 0) is 42.5 Å². The van der Waals surface area contributed by atoms with Crippen LogP contribution in [0, 0.1) is 0 Å². The third kappa shape index (κ3) is 4.54. The van der Waals surface area contributed by atoms with Gasteiger partial charge in [-0.3, -0.25) is 9.89 Å². The van der Waals surface area contributed by atoms with Crippen molar-refractivity contribution in [1.82, 2.24) is 29.9 Å². The highest BCUT2D eigenvalue weighted by Gasteiger charge is 2.13. The number of nitrogens with zero attached hydrogens (tertiary/aromatic N) is 5. The highest BCUT2D eigenvalue weighted by Crippen LogP contribution is 2.32. The topological polar surface area (TPSA) is 101 Å². The Bertz CT molecular complexity index is 1330. The van der Waals surface area contributed by atoms with Crippen molar-refractivity contribution in [1.29, 1.82) is 0 Å². The maximum Gasteiger partial charge on any atom is 0.225 e. The van der Waals surface area contributed by atoms with Crippen molar-refractivity contribution in [3.05, 3.63) is 59.9 Å². The third-order valence-corrected chi connectivity index (χ3v) is 5.85. The number of halogens is 1. The van der Waals surface area contributed by atoms with Crippen LogP contribution in [-0.4, -0.2) is 55.3 Å². The molecule has 168 valence electrons. The quantitative estimate of drug-likeness (QED) is 0.428. The number of nitrogens with one attached hydrogen (secondary N) is 2. The number of rotatable bonds is 7. The van der Waals surface area contributed by atoms with Gasteiger partial charge < -0.3 is 15.0 Å². The molecule has 2 aromatic heterocycles. The predicted octanol–water partition coefficient (Wildman–Crippen LogP) is 3.92. The summed E-state index contributed by atoms with van der Waals surface area (Å²) in [7, 11) is 1.82. The normalized spacial score (nSPS) is 13.6. The van der Waals surface area contributed by atoms with Gasteiger partial charge in [0.15, 0.2) is 11.6 Å². The molecule has 0 atom stereocenters. The van der Waals surface area contributed by atoms with Crippen LogP contribution in [0.4, 0.5) is 11.6 Å². The molecule has 0 amide bonds. The molecule has 0 aliphatic carbocycles. The Morgan fingerprint density at radius 1 is 1.21 bits per heavy atom. The molecule has 0 bridgehead atoms. The van der Waals surface area contributed by atoms with E-state index in [1.807, 2.05) is 49.6 Å². The van der Waals surface area contributed by atoms with E-state index in [1.54, 1.807) is 17.0 Å². The first-order chi connectivity index (χ1) is 16.1. The average molecular weight is 464 g/mol. The number of carbonyl (C=O) groups is 1. The standard InChI is InChI=1S/C23H22ClN7O2/c1-30-23(26-20-7-6-19-18(21(20)24)14-25-28-19)27-22(29-30)15-2-4-17(5-3-15)33-13-12-31-10-8-16(32)9-11-31/h2-8,10,14H,9,11-13H2,1H3,(H,25,28)(H,26,27,29). The Labute approximate surface area is 195 Å². The molecule has 3 heterocycles. The maximum absolute atomic E-state index is 11.2. The fourth-order valence-corrected chi connectivity index (χ4v) is 3.84. The van der Waals surface area contributed by atoms with Crippen molar-refractivity contribution in [2.24, 2.45) is 7.05 Å². The molecule has 33 heavy (non-hydrogen) atoms. The van der Waals surface area contributed by atoms with E-state index in [-0.39, 0.29) is 5.78 Å². The average Bonchev–Trinajstić information content (AvgIpc) is 3.45. The number of H-pyrrole nitrogens is 1. The molecule has 0 saturated carbocycles. The fourth-order valence-electron chi connectivity index (χ4n) is 3.58. The summed E-state index contributed by atoms with van der Waals surface area (Å²) in [6.07, 6.45) is 5.70. The first-order valence-electron chi connectivity index (χ1n) is 10.5. The Kier molecular flexibility index (Phi) is 5.70. The molecular formula is C23H22ClN7O2. The lowest BCUT2D eigenvalue weighted by Crippen LogP contribution is -2.28. The minimum Gasteiger partial charge on any atom is -0.492 e. The zero-order valence-electron chi connectivity index (χ0n) is 18.0. The van der Waals surface area contributed by atoms with Crippen molar-refractivity contribution in [3.8, 4) is 17.1 Å². The van der Waals surface area contributed by atoms with Crippen LogP contribution in [0.2, 0.25) is 5.02 Å². The van der Waals surface area contributed by atoms with Gasteiger partial charge in [0.2, 0.25) is 5.95 Å². The van der Waals surface area contributed by atoms with Crippen LogP contribution in [0.1, 0.15) is 6.42 Å². The number of aromatic nitrogens is 5. The molecule has 0 radical (unpaired) electrons. The molecule has 2 aromatic carbocycles. The molecule has 0 saturated heterocycles. The second-order valence-corrected chi connectivity index (χ2v) is 8.08. The molecule has 0 fully saturated rings. The Morgan fingerprint density at radius 2 is 2.06 bits per heavy atom. The number of allylic oxidation sites excluding steroid dienone is 1. The summed E-state index contributed by atoms with van der Waals surface area (Å²) in [6, 6.07) is 11.4. The van der Waals surface area contributed by atoms with Crippen LogP contribution in [0.25, 0.3) is 22.3 Å². The van der Waals surface area contributed by atoms with Gasteiger partial charge in [-0.1, -0.05) is 11.6 Å². The summed E-state index contributed by atoms with van der Waals surface area (Å²) in [5.74, 6) is 2.11. The first kappa shape index (κ1) is 21.0. The number of aryl methyl sites for hydroxylation is 1. The van der Waals surface area contributed by atoms with E-state index in [0.29, 0.717) is 29.8 Å². The second-order valence-electron chi connectivity index (χ2n) is 7.71. The zero-order chi connectivity index (χ0) is 22.8. The number of hydrogen-bond donors (Lipinski definition) is 2. The number of hydrogen-bond acceptors (Lipinski definition) is 7. The van der Waals surface area contributed by atoms with E-state index in [0.717, 1.165) is 41.0 Å². The molecular weight excluding hydrogens is 442 g/mol. The molecule has 9 nitrogen and oxygen atoms in total. The van der Waals surface area contributed by atoms with E-state index in [9.17, 15) is 4.79 Å². The number of carbonyl (C=O) groups excluding carboxylic acids is 1. The van der Waals surface area contributed by atoms with Gasteiger partial charge in [0, 0.05) is 37.2 Å². The molecule has 0 spiro atoms. The largest absolute Gasteiger partial charge is 0.492 e. The van der Waals surface area contributed by atoms with Crippen LogP contribution in [0.3, 0.4) is 0 Å². The summed E-state index contributed by atoms with van der Waals surface area (Å²) in [5.41, 5.74) is 2.47. The van der Waals surface area contributed by atoms with Crippen molar-refractivity contribution in [2.45, 2.75) is 6.42 Å².